The number of ether oxygens (including phenoxy) is 2. The predicted molar refractivity (Wildman–Crippen MR) is 159 cm³/mol. The number of carboxylic acid groups (broad SMARTS) is 1. The van der Waals surface area contributed by atoms with Gasteiger partial charge in [-0.25, -0.2) is 9.59 Å². The molecule has 1 fully saturated rings. The SMILES string of the molecule is CC(OCc1ccccc1)C(NC(=O)C1CCCCC1CNC(=O)OCC1c2ccccc2-c2ccccc21)C(=O)O. The third-order valence-corrected chi connectivity index (χ3v) is 8.49. The highest BCUT2D eigenvalue weighted by molar-refractivity contribution is 5.85. The Bertz CT molecular complexity index is 1350. The number of hydrogen-bond acceptors (Lipinski definition) is 5. The third-order valence-electron chi connectivity index (χ3n) is 8.49. The fraction of sp³-hybridized carbons (Fsp3) is 0.382. The van der Waals surface area contributed by atoms with E-state index in [1.807, 2.05) is 54.6 Å². The van der Waals surface area contributed by atoms with E-state index in [1.165, 1.54) is 0 Å². The Morgan fingerprint density at radius 2 is 1.50 bits per heavy atom. The molecule has 1 saturated carbocycles. The van der Waals surface area contributed by atoms with Gasteiger partial charge in [-0.05, 0) is 53.5 Å². The first-order valence-corrected chi connectivity index (χ1v) is 14.7. The summed E-state index contributed by atoms with van der Waals surface area (Å²) in [5.41, 5.74) is 5.54. The molecule has 0 bridgehead atoms. The second-order valence-electron chi connectivity index (χ2n) is 11.2. The van der Waals surface area contributed by atoms with Crippen molar-refractivity contribution in [2.75, 3.05) is 13.2 Å². The molecule has 0 radical (unpaired) electrons. The van der Waals surface area contributed by atoms with Crippen LogP contribution in [0, 0.1) is 11.8 Å². The van der Waals surface area contributed by atoms with Gasteiger partial charge in [0.2, 0.25) is 5.91 Å². The molecule has 0 aromatic heterocycles. The first-order valence-electron chi connectivity index (χ1n) is 14.7. The zero-order valence-corrected chi connectivity index (χ0v) is 23.8. The Hall–Kier alpha value is -4.17. The summed E-state index contributed by atoms with van der Waals surface area (Å²) in [6.07, 6.45) is 1.96. The molecular formula is C34H38N2O6. The molecule has 2 amide bonds. The van der Waals surface area contributed by atoms with Gasteiger partial charge in [-0.2, -0.15) is 0 Å². The van der Waals surface area contributed by atoms with Crippen LogP contribution in [0.25, 0.3) is 11.1 Å². The largest absolute Gasteiger partial charge is 0.480 e. The van der Waals surface area contributed by atoms with E-state index < -0.39 is 30.1 Å². The molecule has 3 N–H and O–H groups in total. The van der Waals surface area contributed by atoms with E-state index in [4.69, 9.17) is 9.47 Å². The van der Waals surface area contributed by atoms with Crippen LogP contribution in [-0.4, -0.2) is 48.4 Å². The Morgan fingerprint density at radius 1 is 0.881 bits per heavy atom. The molecule has 2 aliphatic carbocycles. The van der Waals surface area contributed by atoms with Gasteiger partial charge in [-0.1, -0.05) is 91.7 Å². The molecule has 8 nitrogen and oxygen atoms in total. The van der Waals surface area contributed by atoms with Gasteiger partial charge in [0, 0.05) is 18.4 Å². The maximum Gasteiger partial charge on any atom is 0.407 e. The summed E-state index contributed by atoms with van der Waals surface area (Å²) in [7, 11) is 0. The first-order chi connectivity index (χ1) is 20.4. The highest BCUT2D eigenvalue weighted by Crippen LogP contribution is 2.44. The normalized spacial score (nSPS) is 19.2. The van der Waals surface area contributed by atoms with E-state index in [2.05, 4.69) is 34.9 Å². The molecule has 3 aromatic rings. The van der Waals surface area contributed by atoms with E-state index >= 15 is 0 Å². The monoisotopic (exact) mass is 570 g/mol. The molecule has 0 heterocycles. The zero-order valence-electron chi connectivity index (χ0n) is 23.8. The van der Waals surface area contributed by atoms with Crippen LogP contribution < -0.4 is 10.6 Å². The molecule has 0 spiro atoms. The van der Waals surface area contributed by atoms with E-state index in [0.29, 0.717) is 6.42 Å². The number of carbonyl (C=O) groups is 3. The summed E-state index contributed by atoms with van der Waals surface area (Å²) >= 11 is 0. The number of nitrogens with one attached hydrogen (secondary N) is 2. The van der Waals surface area contributed by atoms with Gasteiger partial charge in [0.1, 0.15) is 6.61 Å². The molecule has 5 rings (SSSR count). The molecule has 0 saturated heterocycles. The number of amides is 2. The van der Waals surface area contributed by atoms with Gasteiger partial charge in [0.15, 0.2) is 6.04 Å². The molecule has 3 aromatic carbocycles. The van der Waals surface area contributed by atoms with Crippen LogP contribution in [0.4, 0.5) is 4.79 Å². The van der Waals surface area contributed by atoms with E-state index in [0.717, 1.165) is 47.1 Å². The number of carbonyl (C=O) groups excluding carboxylic acids is 2. The van der Waals surface area contributed by atoms with Crippen LogP contribution >= 0.6 is 0 Å². The van der Waals surface area contributed by atoms with Gasteiger partial charge in [-0.15, -0.1) is 0 Å². The molecule has 42 heavy (non-hydrogen) atoms. The van der Waals surface area contributed by atoms with Crippen LogP contribution in [-0.2, 0) is 25.7 Å². The number of hydrogen-bond donors (Lipinski definition) is 3. The standard InChI is InChI=1S/C34H38N2O6/c1-22(41-20-23-11-3-2-4-12-23)31(33(38)39)36-32(37)25-14-6-5-13-24(25)19-35-34(40)42-21-30-28-17-9-7-15-26(28)27-16-8-10-18-29(27)30/h2-4,7-12,15-18,22,24-25,30-31H,5-6,13-14,19-21H2,1H3,(H,35,40)(H,36,37)(H,38,39). The van der Waals surface area contributed by atoms with Crippen LogP contribution in [0.3, 0.4) is 0 Å². The second-order valence-corrected chi connectivity index (χ2v) is 11.2. The van der Waals surface area contributed by atoms with Crippen LogP contribution in [0.5, 0.6) is 0 Å². The molecule has 2 aliphatic rings. The molecule has 8 heteroatoms. The Morgan fingerprint density at radius 3 is 2.17 bits per heavy atom. The van der Waals surface area contributed by atoms with Crippen molar-refractivity contribution in [2.24, 2.45) is 11.8 Å². The quantitative estimate of drug-likeness (QED) is 0.280. The minimum Gasteiger partial charge on any atom is -0.480 e. The molecule has 220 valence electrons. The van der Waals surface area contributed by atoms with Crippen LogP contribution in [0.1, 0.15) is 55.2 Å². The summed E-state index contributed by atoms with van der Waals surface area (Å²) in [4.78, 5) is 38.1. The van der Waals surface area contributed by atoms with Gasteiger partial charge >= 0.3 is 12.1 Å². The number of rotatable bonds is 11. The lowest BCUT2D eigenvalue weighted by Gasteiger charge is -2.32. The maximum absolute atomic E-state index is 13.3. The van der Waals surface area contributed by atoms with Crippen molar-refractivity contribution in [1.82, 2.24) is 10.6 Å². The Balaban J connectivity index is 1.14. The highest BCUT2D eigenvalue weighted by atomic mass is 16.5. The van der Waals surface area contributed by atoms with Crippen molar-refractivity contribution < 1.29 is 29.0 Å². The summed E-state index contributed by atoms with van der Waals surface area (Å²) < 4.78 is 11.5. The van der Waals surface area contributed by atoms with Gasteiger partial charge in [0.05, 0.1) is 12.7 Å². The smallest absolute Gasteiger partial charge is 0.407 e. The molecule has 0 aliphatic heterocycles. The molecule has 4 atom stereocenters. The highest BCUT2D eigenvalue weighted by Gasteiger charge is 2.36. The number of alkyl carbamates (subject to hydrolysis) is 1. The predicted octanol–water partition coefficient (Wildman–Crippen LogP) is 5.51. The molecular weight excluding hydrogens is 532 g/mol. The van der Waals surface area contributed by atoms with Crippen LogP contribution in [0.15, 0.2) is 78.9 Å². The fourth-order valence-corrected chi connectivity index (χ4v) is 6.20. The topological polar surface area (TPSA) is 114 Å². The number of benzene rings is 3. The molecule has 4 unspecified atom stereocenters. The van der Waals surface area contributed by atoms with Crippen molar-refractivity contribution in [3.05, 3.63) is 95.6 Å². The van der Waals surface area contributed by atoms with E-state index in [1.54, 1.807) is 6.92 Å². The number of aliphatic carboxylic acids is 1. The van der Waals surface area contributed by atoms with Crippen molar-refractivity contribution >= 4 is 18.0 Å². The second kappa shape index (κ2) is 13.7. The van der Waals surface area contributed by atoms with Crippen molar-refractivity contribution in [2.45, 2.75) is 57.3 Å². The average Bonchev–Trinajstić information content (AvgIpc) is 3.34. The van der Waals surface area contributed by atoms with E-state index in [9.17, 15) is 19.5 Å². The first kappa shape index (κ1) is 29.3. The summed E-state index contributed by atoms with van der Waals surface area (Å²) in [6, 6.07) is 24.6. The van der Waals surface area contributed by atoms with Gasteiger partial charge in [-0.3, -0.25) is 4.79 Å². The summed E-state index contributed by atoms with van der Waals surface area (Å²) in [6.45, 7) is 2.40. The summed E-state index contributed by atoms with van der Waals surface area (Å²) in [5.74, 6) is -2.02. The lowest BCUT2D eigenvalue weighted by molar-refractivity contribution is -0.147. The number of carboxylic acids is 1. The van der Waals surface area contributed by atoms with Crippen molar-refractivity contribution in [3.63, 3.8) is 0 Å². The van der Waals surface area contributed by atoms with E-state index in [-0.39, 0.29) is 37.5 Å². The van der Waals surface area contributed by atoms with Gasteiger partial charge in [0.25, 0.3) is 0 Å². The maximum atomic E-state index is 13.3. The van der Waals surface area contributed by atoms with Gasteiger partial charge < -0.3 is 25.2 Å². The third kappa shape index (κ3) is 6.82. The van der Waals surface area contributed by atoms with Crippen molar-refractivity contribution in [1.29, 1.82) is 0 Å². The van der Waals surface area contributed by atoms with Crippen LogP contribution in [0.2, 0.25) is 0 Å². The average molecular weight is 571 g/mol. The zero-order chi connectivity index (χ0) is 29.5. The lowest BCUT2D eigenvalue weighted by atomic mass is 9.78. The lowest BCUT2D eigenvalue weighted by Crippen LogP contribution is -2.52. The van der Waals surface area contributed by atoms with Crippen molar-refractivity contribution in [3.8, 4) is 11.1 Å². The fourth-order valence-electron chi connectivity index (χ4n) is 6.20. The summed E-state index contributed by atoms with van der Waals surface area (Å²) in [5, 5.41) is 15.4. The Kier molecular flexibility index (Phi) is 9.54. The minimum atomic E-state index is -1.18. The number of fused-ring (bicyclic) bond motifs is 3. The minimum absolute atomic E-state index is 0.0320. The Labute approximate surface area is 246 Å².